The van der Waals surface area contributed by atoms with Gasteiger partial charge in [-0.25, -0.2) is 4.98 Å². The molecule has 0 bridgehead atoms. The zero-order valence-electron chi connectivity index (χ0n) is 14.8. The van der Waals surface area contributed by atoms with E-state index in [2.05, 4.69) is 33.4 Å². The number of pyridine rings is 1. The fourth-order valence-electron chi connectivity index (χ4n) is 3.07. The number of allylic oxidation sites excluding steroid dienone is 1. The molecule has 7 heteroatoms. The highest BCUT2D eigenvalue weighted by atomic mass is 32.2. The summed E-state index contributed by atoms with van der Waals surface area (Å²) in [6, 6.07) is 5.78. The number of aromatic nitrogens is 2. The number of hydrogen-bond donors (Lipinski definition) is 0. The Labute approximate surface area is 162 Å². The van der Waals surface area contributed by atoms with E-state index in [4.69, 9.17) is 0 Å². The van der Waals surface area contributed by atoms with E-state index in [1.54, 1.807) is 11.8 Å². The minimum absolute atomic E-state index is 0.323. The number of aldehydes is 1. The lowest BCUT2D eigenvalue weighted by atomic mass is 10.1. The molecule has 2 aromatic heterocycles. The van der Waals surface area contributed by atoms with Crippen molar-refractivity contribution in [2.24, 2.45) is 0 Å². The predicted molar refractivity (Wildman–Crippen MR) is 108 cm³/mol. The number of hydrogen-bond acceptors (Lipinski definition) is 6. The van der Waals surface area contributed by atoms with Crippen molar-refractivity contribution in [3.8, 4) is 0 Å². The van der Waals surface area contributed by atoms with E-state index in [1.165, 1.54) is 5.03 Å². The maximum atomic E-state index is 12.0. The van der Waals surface area contributed by atoms with Crippen molar-refractivity contribution >= 4 is 41.2 Å². The molecular formula is C19H23N3O2S2. The van der Waals surface area contributed by atoms with Crippen LogP contribution < -0.4 is 0 Å². The minimum Gasteiger partial charge on any atom is -0.295 e. The molecule has 1 fully saturated rings. The molecular weight excluding hydrogens is 366 g/mol. The van der Waals surface area contributed by atoms with Gasteiger partial charge in [-0.3, -0.25) is 18.9 Å². The first-order chi connectivity index (χ1) is 12.7. The Morgan fingerprint density at radius 1 is 1.42 bits per heavy atom. The van der Waals surface area contributed by atoms with Gasteiger partial charge in [0, 0.05) is 29.7 Å². The van der Waals surface area contributed by atoms with Crippen LogP contribution in [0.4, 0.5) is 0 Å². The number of carbonyl (C=O) groups is 2. The predicted octanol–water partition coefficient (Wildman–Crippen LogP) is 3.64. The summed E-state index contributed by atoms with van der Waals surface area (Å²) in [5, 5.41) is 1.19. The summed E-state index contributed by atoms with van der Waals surface area (Å²) in [5.41, 5.74) is 0.967. The van der Waals surface area contributed by atoms with Gasteiger partial charge in [0.15, 0.2) is 6.29 Å². The standard InChI is InChI=1S/C19H23N3O2S2/c1-2-6-16-19(15(24)13-23)21(14-26-16)10-3-4-12-25-18-8-5-7-17-20-9-11-22(17)18/h5-9,11,13,19H,2-4,10,12,14H2,1H3. The SMILES string of the molecule is CCC=C1SCN(CCCCSc2cccc3nccn23)C1C(=O)C=O. The van der Waals surface area contributed by atoms with E-state index >= 15 is 0 Å². The van der Waals surface area contributed by atoms with Crippen LogP contribution in [-0.2, 0) is 9.59 Å². The molecule has 0 aromatic carbocycles. The largest absolute Gasteiger partial charge is 0.295 e. The van der Waals surface area contributed by atoms with Gasteiger partial charge in [-0.15, -0.1) is 23.5 Å². The van der Waals surface area contributed by atoms with E-state index in [-0.39, 0.29) is 11.8 Å². The quantitative estimate of drug-likeness (QED) is 0.282. The first kappa shape index (κ1) is 19.2. The van der Waals surface area contributed by atoms with Crippen molar-refractivity contribution in [2.75, 3.05) is 18.2 Å². The van der Waals surface area contributed by atoms with Gasteiger partial charge in [0.1, 0.15) is 11.7 Å². The zero-order chi connectivity index (χ0) is 18.4. The molecule has 1 atom stereocenters. The Balaban J connectivity index is 1.48. The fraction of sp³-hybridized carbons (Fsp3) is 0.421. The Hall–Kier alpha value is -1.57. The van der Waals surface area contributed by atoms with Crippen LogP contribution in [0.2, 0.25) is 0 Å². The molecule has 0 amide bonds. The molecule has 3 rings (SSSR count). The van der Waals surface area contributed by atoms with Crippen molar-refractivity contribution in [2.45, 2.75) is 37.3 Å². The average Bonchev–Trinajstić information content (AvgIpc) is 3.28. The maximum Gasteiger partial charge on any atom is 0.217 e. The average molecular weight is 390 g/mol. The molecule has 0 aliphatic carbocycles. The molecule has 5 nitrogen and oxygen atoms in total. The summed E-state index contributed by atoms with van der Waals surface area (Å²) < 4.78 is 2.10. The lowest BCUT2D eigenvalue weighted by molar-refractivity contribution is -0.132. The van der Waals surface area contributed by atoms with E-state index in [1.807, 2.05) is 36.3 Å². The first-order valence-corrected chi connectivity index (χ1v) is 10.8. The number of Topliss-reactive ketones (excluding diaryl/α,β-unsaturated/α-hetero) is 1. The third-order valence-corrected chi connectivity index (χ3v) is 6.61. The lowest BCUT2D eigenvalue weighted by Crippen LogP contribution is -2.38. The zero-order valence-corrected chi connectivity index (χ0v) is 16.5. The summed E-state index contributed by atoms with van der Waals surface area (Å²) in [5.74, 6) is 1.48. The van der Waals surface area contributed by atoms with Gasteiger partial charge in [0.2, 0.25) is 5.78 Å². The number of imidazole rings is 1. The molecule has 3 heterocycles. The van der Waals surface area contributed by atoms with E-state index in [0.29, 0.717) is 6.29 Å². The second kappa shape index (κ2) is 9.39. The van der Waals surface area contributed by atoms with E-state index < -0.39 is 0 Å². The van der Waals surface area contributed by atoms with Gasteiger partial charge in [0.05, 0.1) is 5.03 Å². The Bertz CT molecular complexity index is 803. The topological polar surface area (TPSA) is 54.7 Å². The van der Waals surface area contributed by atoms with Crippen molar-refractivity contribution in [3.05, 3.63) is 41.6 Å². The normalized spacial score (nSPS) is 19.4. The summed E-state index contributed by atoms with van der Waals surface area (Å²) in [7, 11) is 0. The summed E-state index contributed by atoms with van der Waals surface area (Å²) in [6.45, 7) is 2.89. The summed E-state index contributed by atoms with van der Waals surface area (Å²) >= 11 is 3.50. The van der Waals surface area contributed by atoms with Crippen LogP contribution in [0.3, 0.4) is 0 Å². The second-order valence-electron chi connectivity index (χ2n) is 6.10. The molecule has 0 spiro atoms. The fourth-order valence-corrected chi connectivity index (χ4v) is 5.40. The van der Waals surface area contributed by atoms with Crippen molar-refractivity contribution in [1.29, 1.82) is 0 Å². The molecule has 1 aliphatic rings. The lowest BCUT2D eigenvalue weighted by Gasteiger charge is -2.21. The van der Waals surface area contributed by atoms with E-state index in [0.717, 1.165) is 48.0 Å². The third-order valence-electron chi connectivity index (χ3n) is 4.30. The van der Waals surface area contributed by atoms with Crippen LogP contribution in [0.25, 0.3) is 5.65 Å². The molecule has 0 N–H and O–H groups in total. The van der Waals surface area contributed by atoms with Crippen LogP contribution in [0.5, 0.6) is 0 Å². The number of carbonyl (C=O) groups excluding carboxylic acids is 2. The third kappa shape index (κ3) is 4.39. The van der Waals surface area contributed by atoms with Crippen LogP contribution in [0.15, 0.2) is 46.6 Å². The molecule has 0 saturated carbocycles. The highest BCUT2D eigenvalue weighted by molar-refractivity contribution is 8.03. The molecule has 0 radical (unpaired) electrons. The number of unbranched alkanes of at least 4 members (excludes halogenated alkanes) is 1. The van der Waals surface area contributed by atoms with Gasteiger partial charge in [-0.1, -0.05) is 19.1 Å². The smallest absolute Gasteiger partial charge is 0.217 e. The molecule has 1 saturated heterocycles. The first-order valence-electron chi connectivity index (χ1n) is 8.85. The van der Waals surface area contributed by atoms with Crippen LogP contribution >= 0.6 is 23.5 Å². The van der Waals surface area contributed by atoms with Gasteiger partial charge >= 0.3 is 0 Å². The van der Waals surface area contributed by atoms with Crippen molar-refractivity contribution in [1.82, 2.24) is 14.3 Å². The number of ketones is 1. The Morgan fingerprint density at radius 2 is 2.31 bits per heavy atom. The maximum absolute atomic E-state index is 12.0. The van der Waals surface area contributed by atoms with Crippen molar-refractivity contribution in [3.63, 3.8) is 0 Å². The van der Waals surface area contributed by atoms with Crippen LogP contribution in [0.1, 0.15) is 26.2 Å². The van der Waals surface area contributed by atoms with Crippen LogP contribution in [-0.4, -0.2) is 50.6 Å². The van der Waals surface area contributed by atoms with Crippen LogP contribution in [0, 0.1) is 0 Å². The van der Waals surface area contributed by atoms with Crippen molar-refractivity contribution < 1.29 is 9.59 Å². The minimum atomic E-state index is -0.357. The van der Waals surface area contributed by atoms with Gasteiger partial charge in [-0.2, -0.15) is 0 Å². The number of fused-ring (bicyclic) bond motifs is 1. The Kier molecular flexibility index (Phi) is 6.93. The number of thioether (sulfide) groups is 2. The Morgan fingerprint density at radius 3 is 3.12 bits per heavy atom. The van der Waals surface area contributed by atoms with Gasteiger partial charge in [0.25, 0.3) is 0 Å². The highest BCUT2D eigenvalue weighted by Crippen LogP contribution is 2.34. The van der Waals surface area contributed by atoms with E-state index in [9.17, 15) is 9.59 Å². The summed E-state index contributed by atoms with van der Waals surface area (Å²) in [4.78, 5) is 30.5. The number of nitrogens with zero attached hydrogens (tertiary/aromatic N) is 3. The molecule has 1 aliphatic heterocycles. The summed E-state index contributed by atoms with van der Waals surface area (Å²) in [6.07, 6.45) is 9.29. The molecule has 2 aromatic rings. The van der Waals surface area contributed by atoms with Gasteiger partial charge < -0.3 is 0 Å². The number of rotatable bonds is 9. The molecule has 138 valence electrons. The highest BCUT2D eigenvalue weighted by Gasteiger charge is 2.34. The molecule has 1 unspecified atom stereocenters. The monoisotopic (exact) mass is 389 g/mol. The van der Waals surface area contributed by atoms with Gasteiger partial charge in [-0.05, 0) is 37.1 Å². The molecule has 26 heavy (non-hydrogen) atoms. The second-order valence-corrected chi connectivity index (χ2v) is 8.23.